The topological polar surface area (TPSA) is 188 Å². The van der Waals surface area contributed by atoms with Gasteiger partial charge in [-0.1, -0.05) is 80.9 Å². The van der Waals surface area contributed by atoms with Crippen molar-refractivity contribution in [3.8, 4) is 0 Å². The number of rotatable bonds is 18. The van der Waals surface area contributed by atoms with E-state index in [2.05, 4.69) is 10.6 Å². The lowest BCUT2D eigenvalue weighted by Crippen LogP contribution is -2.50. The minimum atomic E-state index is -4.90. The number of unbranched alkanes of at least 4 members (excludes halogenated alkanes) is 1. The van der Waals surface area contributed by atoms with Gasteiger partial charge in [-0.15, -0.1) is 0 Å². The molecule has 0 aliphatic heterocycles. The summed E-state index contributed by atoms with van der Waals surface area (Å²) in [6.07, 6.45) is 1.01. The van der Waals surface area contributed by atoms with E-state index in [4.69, 9.17) is 10.3 Å². The molecule has 0 radical (unpaired) electrons. The standard InChI is InChI=1S/C33H45N4O8PS/c1-24(2)22-37(47(43,44)30-19-17-28(34)18-20-30)29(23-45-46(40,41)42)16-10-11-21-35-33(39)32(36-25(3)38)31(26-12-6-4-7-13-26)27-14-8-5-9-15-27/h4-9,12-15,17-20,24,29,31-32H,10-11,16,21-23,34H2,1-3H3,(H,35,39)(H,36,38)(H2,40,41,42). The van der Waals surface area contributed by atoms with E-state index >= 15 is 0 Å². The fraction of sp³-hybridized carbons (Fsp3) is 0.394. The van der Waals surface area contributed by atoms with E-state index in [9.17, 15) is 32.4 Å². The molecule has 0 fully saturated rings. The van der Waals surface area contributed by atoms with E-state index in [1.807, 2.05) is 74.5 Å². The van der Waals surface area contributed by atoms with Crippen molar-refractivity contribution < 1.29 is 36.9 Å². The lowest BCUT2D eigenvalue weighted by atomic mass is 9.84. The highest BCUT2D eigenvalue weighted by atomic mass is 32.2. The molecule has 2 amide bonds. The van der Waals surface area contributed by atoms with Gasteiger partial charge in [-0.25, -0.2) is 13.0 Å². The Kier molecular flexibility index (Phi) is 14.1. The molecule has 0 bridgehead atoms. The van der Waals surface area contributed by atoms with Gasteiger partial charge in [0, 0.05) is 37.7 Å². The summed E-state index contributed by atoms with van der Waals surface area (Å²) in [6, 6.07) is 22.8. The molecule has 0 heterocycles. The van der Waals surface area contributed by atoms with Crippen molar-refractivity contribution in [3.63, 3.8) is 0 Å². The average Bonchev–Trinajstić information content (AvgIpc) is 3.01. The van der Waals surface area contributed by atoms with E-state index < -0.39 is 42.5 Å². The highest BCUT2D eigenvalue weighted by molar-refractivity contribution is 7.89. The first-order valence-corrected chi connectivity index (χ1v) is 18.4. The molecule has 2 unspecified atom stereocenters. The molecule has 12 nitrogen and oxygen atoms in total. The van der Waals surface area contributed by atoms with Crippen LogP contribution in [0.2, 0.25) is 0 Å². The molecule has 47 heavy (non-hydrogen) atoms. The molecule has 14 heteroatoms. The van der Waals surface area contributed by atoms with Crippen LogP contribution in [0.5, 0.6) is 0 Å². The van der Waals surface area contributed by atoms with Crippen LogP contribution in [-0.2, 0) is 28.7 Å². The zero-order chi connectivity index (χ0) is 34.6. The van der Waals surface area contributed by atoms with Gasteiger partial charge < -0.3 is 26.2 Å². The number of sulfonamides is 1. The van der Waals surface area contributed by atoms with Gasteiger partial charge in [-0.3, -0.25) is 14.1 Å². The Hall–Kier alpha value is -3.58. The third-order valence-electron chi connectivity index (χ3n) is 7.43. The van der Waals surface area contributed by atoms with Gasteiger partial charge in [0.05, 0.1) is 11.5 Å². The van der Waals surface area contributed by atoms with Gasteiger partial charge in [0.2, 0.25) is 21.8 Å². The molecule has 3 rings (SSSR count). The zero-order valence-corrected chi connectivity index (χ0v) is 28.6. The molecule has 256 valence electrons. The maximum Gasteiger partial charge on any atom is 0.469 e. The smallest absolute Gasteiger partial charge is 0.399 e. The number of amides is 2. The SMILES string of the molecule is CC(=O)NC(C(=O)NCCCCC(COP(=O)(O)O)N(CC(C)C)S(=O)(=O)c1ccc(N)cc1)C(c1ccccc1)c1ccccc1. The largest absolute Gasteiger partial charge is 0.469 e. The van der Waals surface area contributed by atoms with Crippen molar-refractivity contribution in [1.82, 2.24) is 14.9 Å². The van der Waals surface area contributed by atoms with Crippen molar-refractivity contribution in [2.24, 2.45) is 5.92 Å². The van der Waals surface area contributed by atoms with E-state index in [0.717, 1.165) is 11.1 Å². The summed E-state index contributed by atoms with van der Waals surface area (Å²) in [6.45, 7) is 4.80. The van der Waals surface area contributed by atoms with Gasteiger partial charge in [0.1, 0.15) is 6.04 Å². The second-order valence-corrected chi connectivity index (χ2v) is 14.9. The van der Waals surface area contributed by atoms with Crippen LogP contribution < -0.4 is 16.4 Å². The molecule has 0 saturated carbocycles. The molecule has 0 spiro atoms. The van der Waals surface area contributed by atoms with Crippen LogP contribution >= 0.6 is 7.82 Å². The Morgan fingerprint density at radius 1 is 0.915 bits per heavy atom. The van der Waals surface area contributed by atoms with E-state index in [1.54, 1.807) is 0 Å². The number of nitrogens with one attached hydrogen (secondary N) is 2. The molecule has 3 aromatic rings. The Morgan fingerprint density at radius 3 is 1.96 bits per heavy atom. The van der Waals surface area contributed by atoms with Gasteiger partial charge in [-0.2, -0.15) is 4.31 Å². The Balaban J connectivity index is 1.76. The number of nitrogens with zero attached hydrogens (tertiary/aromatic N) is 1. The number of carbonyl (C=O) groups excluding carboxylic acids is 2. The van der Waals surface area contributed by atoms with Gasteiger partial charge in [-0.05, 0) is 54.2 Å². The number of nitrogen functional groups attached to an aromatic ring is 1. The summed E-state index contributed by atoms with van der Waals surface area (Å²) < 4.78 is 45.1. The average molecular weight is 689 g/mol. The summed E-state index contributed by atoms with van der Waals surface area (Å²) >= 11 is 0. The van der Waals surface area contributed by atoms with Gasteiger partial charge in [0.15, 0.2) is 0 Å². The molecule has 6 N–H and O–H groups in total. The predicted octanol–water partition coefficient (Wildman–Crippen LogP) is 4.02. The highest BCUT2D eigenvalue weighted by Gasteiger charge is 2.34. The normalized spacial score (nSPS) is 13.4. The second-order valence-electron chi connectivity index (χ2n) is 11.7. The molecular formula is C33H45N4O8PS. The number of benzene rings is 3. The predicted molar refractivity (Wildman–Crippen MR) is 181 cm³/mol. The lowest BCUT2D eigenvalue weighted by Gasteiger charge is -2.32. The summed E-state index contributed by atoms with van der Waals surface area (Å²) in [5.74, 6) is -1.31. The molecule has 0 aliphatic carbocycles. The van der Waals surface area contributed by atoms with Gasteiger partial charge in [0.25, 0.3) is 0 Å². The van der Waals surface area contributed by atoms with Crippen LogP contribution in [0.1, 0.15) is 57.1 Å². The van der Waals surface area contributed by atoms with Crippen LogP contribution in [0.3, 0.4) is 0 Å². The lowest BCUT2D eigenvalue weighted by molar-refractivity contribution is -0.128. The maximum absolute atomic E-state index is 13.7. The Bertz CT molecular complexity index is 1550. The van der Waals surface area contributed by atoms with Crippen molar-refractivity contribution in [3.05, 3.63) is 96.1 Å². The molecule has 0 aliphatic rings. The molecule has 0 aromatic heterocycles. The van der Waals surface area contributed by atoms with Crippen LogP contribution in [0.15, 0.2) is 89.8 Å². The van der Waals surface area contributed by atoms with E-state index in [-0.39, 0.29) is 42.1 Å². The Labute approximate surface area is 277 Å². The molecule has 0 saturated heterocycles. The monoisotopic (exact) mass is 688 g/mol. The van der Waals surface area contributed by atoms with Crippen LogP contribution in [0.4, 0.5) is 5.69 Å². The first-order valence-electron chi connectivity index (χ1n) is 15.4. The van der Waals surface area contributed by atoms with Crippen molar-refractivity contribution in [1.29, 1.82) is 0 Å². The Morgan fingerprint density at radius 2 is 1.47 bits per heavy atom. The first-order chi connectivity index (χ1) is 22.2. The number of hydrogen-bond acceptors (Lipinski definition) is 7. The molecule has 3 aromatic carbocycles. The van der Waals surface area contributed by atoms with Crippen LogP contribution in [0.25, 0.3) is 0 Å². The molecular weight excluding hydrogens is 643 g/mol. The van der Waals surface area contributed by atoms with Crippen molar-refractivity contribution >= 4 is 35.3 Å². The minimum absolute atomic E-state index is 0.00353. The van der Waals surface area contributed by atoms with Gasteiger partial charge >= 0.3 is 7.82 Å². The number of hydrogen-bond donors (Lipinski definition) is 5. The quantitative estimate of drug-likeness (QED) is 0.0747. The minimum Gasteiger partial charge on any atom is -0.399 e. The van der Waals surface area contributed by atoms with E-state index in [0.29, 0.717) is 18.5 Å². The summed E-state index contributed by atoms with van der Waals surface area (Å²) in [4.78, 5) is 44.6. The number of phosphoric acid groups is 1. The number of phosphoric ester groups is 1. The van der Waals surface area contributed by atoms with E-state index in [1.165, 1.54) is 35.5 Å². The maximum atomic E-state index is 13.7. The summed E-state index contributed by atoms with van der Waals surface area (Å²) in [5, 5.41) is 5.72. The van der Waals surface area contributed by atoms with Crippen LogP contribution in [0, 0.1) is 5.92 Å². The van der Waals surface area contributed by atoms with Crippen molar-refractivity contribution in [2.75, 3.05) is 25.4 Å². The fourth-order valence-electron chi connectivity index (χ4n) is 5.32. The first kappa shape index (κ1) is 37.9. The highest BCUT2D eigenvalue weighted by Crippen LogP contribution is 2.37. The third kappa shape index (κ3) is 11.9. The second kappa shape index (κ2) is 17.5. The number of anilines is 1. The zero-order valence-electron chi connectivity index (χ0n) is 26.9. The molecule has 2 atom stereocenters. The van der Waals surface area contributed by atoms with Crippen LogP contribution in [-0.4, -0.2) is 66.1 Å². The number of nitrogens with two attached hydrogens (primary N) is 1. The van der Waals surface area contributed by atoms with Crippen molar-refractivity contribution in [2.45, 2.75) is 62.9 Å². The fourth-order valence-corrected chi connectivity index (χ4v) is 7.49. The summed E-state index contributed by atoms with van der Waals surface area (Å²) in [7, 11) is -8.98. The number of carbonyl (C=O) groups is 2. The third-order valence-corrected chi connectivity index (χ3v) is 9.85. The summed E-state index contributed by atoms with van der Waals surface area (Å²) in [5.41, 5.74) is 7.85.